The van der Waals surface area contributed by atoms with Crippen LogP contribution in [0.5, 0.6) is 0 Å². The summed E-state index contributed by atoms with van der Waals surface area (Å²) in [6.45, 7) is 0. The molecule has 1 aliphatic carbocycles. The number of carbonyl (C=O) groups excluding carboxylic acids is 1. The van der Waals surface area contributed by atoms with Gasteiger partial charge in [-0.1, -0.05) is 0 Å². The first-order valence-corrected chi connectivity index (χ1v) is 5.53. The molecular weight excluding hydrogens is 295 g/mol. The Morgan fingerprint density at radius 2 is 2.29 bits per heavy atom. The molecule has 4 nitrogen and oxygen atoms in total. The van der Waals surface area contributed by atoms with Crippen LogP contribution in [-0.2, 0) is 11.8 Å². The van der Waals surface area contributed by atoms with Gasteiger partial charge in [0.2, 0.25) is 0 Å². The minimum Gasteiger partial charge on any atom is -0.464 e. The first-order chi connectivity index (χ1) is 6.65. The third-order valence-corrected chi connectivity index (χ3v) is 3.42. The predicted molar refractivity (Wildman–Crippen MR) is 59.2 cm³/mol. The summed E-state index contributed by atoms with van der Waals surface area (Å²) in [5.74, 6) is 0.253. The third kappa shape index (κ3) is 1.53. The first-order valence-electron chi connectivity index (χ1n) is 4.46. The molecule has 14 heavy (non-hydrogen) atoms. The van der Waals surface area contributed by atoms with Crippen LogP contribution in [0.25, 0.3) is 0 Å². The molecule has 0 aliphatic heterocycles. The summed E-state index contributed by atoms with van der Waals surface area (Å²) in [5.41, 5.74) is 1.61. The minimum absolute atomic E-state index is 0.309. The lowest BCUT2D eigenvalue weighted by Gasteiger charge is -1.98. The van der Waals surface area contributed by atoms with Crippen LogP contribution in [0, 0.1) is 3.57 Å². The molecule has 5 heteroatoms. The van der Waals surface area contributed by atoms with E-state index in [-0.39, 0.29) is 5.97 Å². The summed E-state index contributed by atoms with van der Waals surface area (Å²) in [7, 11) is 3.17. The van der Waals surface area contributed by atoms with Crippen molar-refractivity contribution in [3.63, 3.8) is 0 Å². The Morgan fingerprint density at radius 1 is 1.64 bits per heavy atom. The maximum absolute atomic E-state index is 11.4. The summed E-state index contributed by atoms with van der Waals surface area (Å²) in [6, 6.07) is 0. The highest BCUT2D eigenvalue weighted by molar-refractivity contribution is 14.1. The summed E-state index contributed by atoms with van der Waals surface area (Å²) in [4.78, 5) is 11.4. The molecule has 0 unspecified atom stereocenters. The number of aryl methyl sites for hydroxylation is 1. The fourth-order valence-electron chi connectivity index (χ4n) is 1.45. The Bertz CT molecular complexity index is 382. The van der Waals surface area contributed by atoms with Crippen molar-refractivity contribution in [1.29, 1.82) is 0 Å². The van der Waals surface area contributed by atoms with Crippen molar-refractivity contribution in [3.05, 3.63) is 15.0 Å². The molecule has 0 radical (unpaired) electrons. The Balaban J connectivity index is 2.43. The van der Waals surface area contributed by atoms with Crippen molar-refractivity contribution in [2.75, 3.05) is 7.11 Å². The first kappa shape index (κ1) is 9.95. The second kappa shape index (κ2) is 3.52. The van der Waals surface area contributed by atoms with Gasteiger partial charge in [-0.15, -0.1) is 0 Å². The van der Waals surface area contributed by atoms with Crippen LogP contribution in [0.2, 0.25) is 0 Å². The van der Waals surface area contributed by atoms with Gasteiger partial charge in [0.05, 0.1) is 16.4 Å². The highest BCUT2D eigenvalue weighted by atomic mass is 127. The van der Waals surface area contributed by atoms with E-state index in [9.17, 15) is 4.79 Å². The lowest BCUT2D eigenvalue weighted by molar-refractivity contribution is 0.0587. The number of halogens is 1. The van der Waals surface area contributed by atoms with Crippen molar-refractivity contribution in [2.45, 2.75) is 18.8 Å². The SMILES string of the molecule is COC(=O)c1c(I)c(C2CC2)nn1C. The summed E-state index contributed by atoms with van der Waals surface area (Å²) >= 11 is 2.17. The van der Waals surface area contributed by atoms with Crippen molar-refractivity contribution in [1.82, 2.24) is 9.78 Å². The molecule has 0 saturated heterocycles. The fraction of sp³-hybridized carbons (Fsp3) is 0.556. The van der Waals surface area contributed by atoms with Crippen LogP contribution in [-0.4, -0.2) is 22.9 Å². The second-order valence-corrected chi connectivity index (χ2v) is 4.52. The minimum atomic E-state index is -0.309. The molecule has 0 atom stereocenters. The van der Waals surface area contributed by atoms with Gasteiger partial charge in [-0.25, -0.2) is 4.79 Å². The quantitative estimate of drug-likeness (QED) is 0.617. The molecular formula is C9H11IN2O2. The molecule has 1 heterocycles. The summed E-state index contributed by atoms with van der Waals surface area (Å²) in [5, 5.41) is 4.35. The van der Waals surface area contributed by atoms with Gasteiger partial charge in [0.1, 0.15) is 0 Å². The van der Waals surface area contributed by atoms with Crippen molar-refractivity contribution in [2.24, 2.45) is 7.05 Å². The van der Waals surface area contributed by atoms with Gasteiger partial charge < -0.3 is 4.74 Å². The van der Waals surface area contributed by atoms with E-state index >= 15 is 0 Å². The van der Waals surface area contributed by atoms with Gasteiger partial charge in [0.15, 0.2) is 5.69 Å². The zero-order valence-corrected chi connectivity index (χ0v) is 10.2. The van der Waals surface area contributed by atoms with E-state index in [1.807, 2.05) is 0 Å². The zero-order valence-electron chi connectivity index (χ0n) is 8.08. The monoisotopic (exact) mass is 306 g/mol. The molecule has 0 N–H and O–H groups in total. The van der Waals surface area contributed by atoms with Crippen LogP contribution in [0.15, 0.2) is 0 Å². The average molecular weight is 306 g/mol. The molecule has 0 amide bonds. The van der Waals surface area contributed by atoms with E-state index < -0.39 is 0 Å². The van der Waals surface area contributed by atoms with E-state index in [0.29, 0.717) is 11.6 Å². The predicted octanol–water partition coefficient (Wildman–Crippen LogP) is 1.69. The molecule has 2 rings (SSSR count). The lowest BCUT2D eigenvalue weighted by atomic mass is 10.3. The average Bonchev–Trinajstić information content (AvgIpc) is 2.93. The van der Waals surface area contributed by atoms with Crippen molar-refractivity contribution < 1.29 is 9.53 Å². The smallest absolute Gasteiger partial charge is 0.357 e. The van der Waals surface area contributed by atoms with Gasteiger partial charge in [-0.05, 0) is 35.4 Å². The number of rotatable bonds is 2. The number of esters is 1. The van der Waals surface area contributed by atoms with Crippen molar-refractivity contribution in [3.8, 4) is 0 Å². The molecule has 0 spiro atoms. The van der Waals surface area contributed by atoms with E-state index in [1.165, 1.54) is 20.0 Å². The topological polar surface area (TPSA) is 44.1 Å². The zero-order chi connectivity index (χ0) is 10.3. The van der Waals surface area contributed by atoms with E-state index in [2.05, 4.69) is 27.7 Å². The van der Waals surface area contributed by atoms with Crippen LogP contribution >= 0.6 is 22.6 Å². The summed E-state index contributed by atoms with van der Waals surface area (Å²) < 4.78 is 7.26. The molecule has 1 saturated carbocycles. The highest BCUT2D eigenvalue weighted by Crippen LogP contribution is 2.41. The molecule has 1 fully saturated rings. The van der Waals surface area contributed by atoms with Crippen LogP contribution < -0.4 is 0 Å². The maximum Gasteiger partial charge on any atom is 0.357 e. The molecule has 76 valence electrons. The largest absolute Gasteiger partial charge is 0.464 e. The number of nitrogens with zero attached hydrogens (tertiary/aromatic N) is 2. The molecule has 0 aromatic carbocycles. The van der Waals surface area contributed by atoms with E-state index in [4.69, 9.17) is 4.74 Å². The Hall–Kier alpha value is -0.590. The standard InChI is InChI=1S/C9H11IN2O2/c1-12-8(9(13)14-2)6(10)7(11-12)5-3-4-5/h5H,3-4H2,1-2H3. The van der Waals surface area contributed by atoms with E-state index in [1.54, 1.807) is 11.7 Å². The van der Waals surface area contributed by atoms with Crippen LogP contribution in [0.4, 0.5) is 0 Å². The van der Waals surface area contributed by atoms with E-state index in [0.717, 1.165) is 9.26 Å². The van der Waals surface area contributed by atoms with Gasteiger partial charge in [0.25, 0.3) is 0 Å². The fourth-order valence-corrected chi connectivity index (χ4v) is 2.57. The number of carbonyl (C=O) groups is 1. The van der Waals surface area contributed by atoms with Crippen LogP contribution in [0.1, 0.15) is 34.9 Å². The normalized spacial score (nSPS) is 15.6. The number of hydrogen-bond donors (Lipinski definition) is 0. The molecule has 1 aromatic heterocycles. The Kier molecular flexibility index (Phi) is 2.50. The second-order valence-electron chi connectivity index (χ2n) is 3.44. The molecule has 0 bridgehead atoms. The maximum atomic E-state index is 11.4. The Labute approximate surface area is 95.8 Å². The number of hydrogen-bond acceptors (Lipinski definition) is 3. The number of aromatic nitrogens is 2. The summed E-state index contributed by atoms with van der Waals surface area (Å²) in [6.07, 6.45) is 2.38. The van der Waals surface area contributed by atoms with Gasteiger partial charge in [-0.2, -0.15) is 5.10 Å². The highest BCUT2D eigenvalue weighted by Gasteiger charge is 2.32. The molecule has 1 aromatic rings. The van der Waals surface area contributed by atoms with Gasteiger partial charge in [0, 0.05) is 13.0 Å². The third-order valence-electron chi connectivity index (χ3n) is 2.36. The van der Waals surface area contributed by atoms with Gasteiger partial charge >= 0.3 is 5.97 Å². The van der Waals surface area contributed by atoms with Crippen molar-refractivity contribution >= 4 is 28.6 Å². The number of methoxy groups -OCH3 is 1. The number of ether oxygens (including phenoxy) is 1. The molecule has 1 aliphatic rings. The Morgan fingerprint density at radius 3 is 2.79 bits per heavy atom. The van der Waals surface area contributed by atoms with Gasteiger partial charge in [-0.3, -0.25) is 4.68 Å². The lowest BCUT2D eigenvalue weighted by Crippen LogP contribution is -2.09. The van der Waals surface area contributed by atoms with Crippen LogP contribution in [0.3, 0.4) is 0 Å².